The molecule has 0 saturated carbocycles. The number of piperazine rings is 1. The van der Waals surface area contributed by atoms with Gasteiger partial charge in [-0.1, -0.05) is 0 Å². The van der Waals surface area contributed by atoms with Crippen molar-refractivity contribution in [2.45, 2.75) is 0 Å². The first kappa shape index (κ1) is 12.7. The van der Waals surface area contributed by atoms with Crippen LogP contribution >= 0.6 is 0 Å². The van der Waals surface area contributed by atoms with Crippen LogP contribution < -0.4 is 4.90 Å². The quantitative estimate of drug-likeness (QED) is 0.796. The molecule has 0 spiro atoms. The molecule has 3 rings (SSSR count). The minimum Gasteiger partial charge on any atom is -0.368 e. The fourth-order valence-corrected chi connectivity index (χ4v) is 2.34. The van der Waals surface area contributed by atoms with Crippen molar-refractivity contribution < 1.29 is 9.18 Å². The lowest BCUT2D eigenvalue weighted by atomic mass is 10.2. The van der Waals surface area contributed by atoms with Gasteiger partial charge < -0.3 is 9.80 Å². The summed E-state index contributed by atoms with van der Waals surface area (Å²) in [6.07, 6.45) is 4.75. The molecule has 20 heavy (non-hydrogen) atoms. The molecular weight excluding hydrogens is 259 g/mol. The molecule has 1 saturated heterocycles. The van der Waals surface area contributed by atoms with Gasteiger partial charge in [0.2, 0.25) is 0 Å². The van der Waals surface area contributed by atoms with E-state index in [9.17, 15) is 9.18 Å². The van der Waals surface area contributed by atoms with E-state index in [1.165, 1.54) is 23.0 Å². The molecule has 1 amide bonds. The van der Waals surface area contributed by atoms with Crippen LogP contribution in [-0.2, 0) is 0 Å². The van der Waals surface area contributed by atoms with Gasteiger partial charge in [0.25, 0.3) is 0 Å². The number of aromatic nitrogens is 2. The van der Waals surface area contributed by atoms with Gasteiger partial charge >= 0.3 is 6.03 Å². The van der Waals surface area contributed by atoms with Crippen molar-refractivity contribution in [1.82, 2.24) is 14.5 Å². The average Bonchev–Trinajstić information content (AvgIpc) is 3.02. The number of nitrogens with zero attached hydrogens (tertiary/aromatic N) is 4. The number of benzene rings is 1. The van der Waals surface area contributed by atoms with E-state index in [0.717, 1.165) is 18.8 Å². The minimum absolute atomic E-state index is 0.0544. The van der Waals surface area contributed by atoms with Crippen molar-refractivity contribution in [2.24, 2.45) is 0 Å². The summed E-state index contributed by atoms with van der Waals surface area (Å²) < 4.78 is 14.4. The molecule has 0 atom stereocenters. The summed E-state index contributed by atoms with van der Waals surface area (Å²) >= 11 is 0. The topological polar surface area (TPSA) is 41.4 Å². The van der Waals surface area contributed by atoms with E-state index in [1.54, 1.807) is 29.4 Å². The van der Waals surface area contributed by atoms with Crippen LogP contribution in [0.4, 0.5) is 14.9 Å². The number of carbonyl (C=O) groups excluding carboxylic acids is 1. The SMILES string of the molecule is O=C(N1CCN(c2ccc(F)cc2)CC1)n1ccnc1. The molecule has 0 unspecified atom stereocenters. The van der Waals surface area contributed by atoms with Crippen LogP contribution in [0.2, 0.25) is 0 Å². The van der Waals surface area contributed by atoms with E-state index in [-0.39, 0.29) is 11.8 Å². The average molecular weight is 274 g/mol. The van der Waals surface area contributed by atoms with E-state index in [1.807, 2.05) is 0 Å². The van der Waals surface area contributed by atoms with Gasteiger partial charge in [0.15, 0.2) is 0 Å². The number of rotatable bonds is 1. The Hall–Kier alpha value is -2.37. The van der Waals surface area contributed by atoms with E-state index < -0.39 is 0 Å². The molecule has 5 nitrogen and oxygen atoms in total. The highest BCUT2D eigenvalue weighted by atomic mass is 19.1. The Labute approximate surface area is 116 Å². The summed E-state index contributed by atoms with van der Waals surface area (Å²) in [7, 11) is 0. The van der Waals surface area contributed by atoms with Crippen molar-refractivity contribution in [2.75, 3.05) is 31.1 Å². The number of hydrogen-bond donors (Lipinski definition) is 0. The third kappa shape index (κ3) is 2.49. The molecule has 6 heteroatoms. The lowest BCUT2D eigenvalue weighted by molar-refractivity contribution is 0.196. The van der Waals surface area contributed by atoms with Crippen LogP contribution in [0, 0.1) is 5.82 Å². The number of halogens is 1. The van der Waals surface area contributed by atoms with Crippen molar-refractivity contribution in [3.8, 4) is 0 Å². The molecule has 104 valence electrons. The zero-order valence-corrected chi connectivity index (χ0v) is 10.9. The van der Waals surface area contributed by atoms with Crippen molar-refractivity contribution in [1.29, 1.82) is 0 Å². The van der Waals surface area contributed by atoms with E-state index in [4.69, 9.17) is 0 Å². The van der Waals surface area contributed by atoms with Gasteiger partial charge in [0.05, 0.1) is 0 Å². The predicted molar refractivity (Wildman–Crippen MR) is 73.2 cm³/mol. The Bertz CT molecular complexity index is 574. The number of imidazole rings is 1. The summed E-state index contributed by atoms with van der Waals surface area (Å²) in [5.41, 5.74) is 0.987. The molecule has 1 aromatic carbocycles. The summed E-state index contributed by atoms with van der Waals surface area (Å²) in [6.45, 7) is 2.78. The van der Waals surface area contributed by atoms with Crippen LogP contribution in [0.25, 0.3) is 0 Å². The normalized spacial score (nSPS) is 15.4. The van der Waals surface area contributed by atoms with Crippen LogP contribution in [-0.4, -0.2) is 46.7 Å². The molecule has 0 radical (unpaired) electrons. The maximum absolute atomic E-state index is 12.9. The highest BCUT2D eigenvalue weighted by molar-refractivity contribution is 5.77. The Morgan fingerprint density at radius 1 is 1.10 bits per heavy atom. The van der Waals surface area contributed by atoms with Gasteiger partial charge in [-0.3, -0.25) is 4.57 Å². The number of hydrogen-bond acceptors (Lipinski definition) is 3. The predicted octanol–water partition coefficient (Wildman–Crippen LogP) is 1.81. The van der Waals surface area contributed by atoms with Crippen LogP contribution in [0.15, 0.2) is 43.0 Å². The molecule has 1 aliphatic rings. The fourth-order valence-electron chi connectivity index (χ4n) is 2.34. The molecule has 0 N–H and O–H groups in total. The third-order valence-electron chi connectivity index (χ3n) is 3.47. The summed E-state index contributed by atoms with van der Waals surface area (Å²) in [6, 6.07) is 6.39. The van der Waals surface area contributed by atoms with Crippen LogP contribution in [0.5, 0.6) is 0 Å². The molecule has 1 fully saturated rings. The van der Waals surface area contributed by atoms with E-state index >= 15 is 0 Å². The third-order valence-corrected chi connectivity index (χ3v) is 3.47. The van der Waals surface area contributed by atoms with Crippen LogP contribution in [0.1, 0.15) is 0 Å². The van der Waals surface area contributed by atoms with Gasteiger partial charge in [0.1, 0.15) is 12.1 Å². The summed E-state index contributed by atoms with van der Waals surface area (Å²) in [4.78, 5) is 20.0. The maximum atomic E-state index is 12.9. The highest BCUT2D eigenvalue weighted by Gasteiger charge is 2.22. The first-order valence-corrected chi connectivity index (χ1v) is 6.52. The minimum atomic E-state index is -0.234. The molecule has 0 aliphatic carbocycles. The molecule has 0 bridgehead atoms. The molecular formula is C14H15FN4O. The Balaban J connectivity index is 1.62. The lowest BCUT2D eigenvalue weighted by Gasteiger charge is -2.35. The van der Waals surface area contributed by atoms with Gasteiger partial charge in [-0.15, -0.1) is 0 Å². The Morgan fingerprint density at radius 2 is 1.80 bits per heavy atom. The molecule has 2 aromatic rings. The lowest BCUT2D eigenvalue weighted by Crippen LogP contribution is -2.49. The van der Waals surface area contributed by atoms with Crippen molar-refractivity contribution >= 4 is 11.7 Å². The smallest absolute Gasteiger partial charge is 0.329 e. The second-order valence-corrected chi connectivity index (χ2v) is 4.70. The first-order valence-electron chi connectivity index (χ1n) is 6.52. The molecule has 2 heterocycles. The number of carbonyl (C=O) groups is 1. The van der Waals surface area contributed by atoms with Crippen molar-refractivity contribution in [3.63, 3.8) is 0 Å². The van der Waals surface area contributed by atoms with E-state index in [2.05, 4.69) is 9.88 Å². The van der Waals surface area contributed by atoms with Gasteiger partial charge in [0, 0.05) is 44.3 Å². The fraction of sp³-hybridized carbons (Fsp3) is 0.286. The van der Waals surface area contributed by atoms with E-state index in [0.29, 0.717) is 13.1 Å². The molecule has 1 aliphatic heterocycles. The number of amides is 1. The van der Waals surface area contributed by atoms with Gasteiger partial charge in [-0.05, 0) is 24.3 Å². The zero-order chi connectivity index (χ0) is 13.9. The molecule has 1 aromatic heterocycles. The van der Waals surface area contributed by atoms with Crippen molar-refractivity contribution in [3.05, 3.63) is 48.8 Å². The maximum Gasteiger partial charge on any atom is 0.329 e. The van der Waals surface area contributed by atoms with Gasteiger partial charge in [-0.25, -0.2) is 14.2 Å². The second kappa shape index (κ2) is 5.32. The zero-order valence-electron chi connectivity index (χ0n) is 10.9. The summed E-state index contributed by atoms with van der Waals surface area (Å²) in [5.74, 6) is -0.234. The highest BCUT2D eigenvalue weighted by Crippen LogP contribution is 2.17. The largest absolute Gasteiger partial charge is 0.368 e. The first-order chi connectivity index (χ1) is 9.74. The summed E-state index contributed by atoms with van der Waals surface area (Å²) in [5, 5.41) is 0. The Kier molecular flexibility index (Phi) is 3.37. The second-order valence-electron chi connectivity index (χ2n) is 4.70. The Morgan fingerprint density at radius 3 is 2.40 bits per heavy atom. The number of anilines is 1. The monoisotopic (exact) mass is 274 g/mol. The van der Waals surface area contributed by atoms with Crippen LogP contribution in [0.3, 0.4) is 0 Å². The van der Waals surface area contributed by atoms with Gasteiger partial charge in [-0.2, -0.15) is 0 Å². The standard InChI is InChI=1S/C14H15FN4O/c15-12-1-3-13(4-2-12)17-7-9-18(10-8-17)14(20)19-6-5-16-11-19/h1-6,11H,7-10H2.